The molecule has 0 aromatic heterocycles. The van der Waals surface area contributed by atoms with Gasteiger partial charge in [0.05, 0.1) is 13.2 Å². The Kier molecular flexibility index (Phi) is 4.33. The molecule has 0 saturated carbocycles. The van der Waals surface area contributed by atoms with Crippen molar-refractivity contribution in [2.24, 2.45) is 0 Å². The summed E-state index contributed by atoms with van der Waals surface area (Å²) in [5.74, 6) is -0.696. The van der Waals surface area contributed by atoms with Crippen molar-refractivity contribution in [1.29, 1.82) is 0 Å². The van der Waals surface area contributed by atoms with Gasteiger partial charge in [0, 0.05) is 5.56 Å². The van der Waals surface area contributed by atoms with Crippen molar-refractivity contribution in [2.75, 3.05) is 7.11 Å². The first-order valence-electron chi connectivity index (χ1n) is 7.84. The van der Waals surface area contributed by atoms with Gasteiger partial charge >= 0.3 is 0 Å². The lowest BCUT2D eigenvalue weighted by molar-refractivity contribution is 0.0939. The number of fused-ring (bicyclic) bond motifs is 1. The molecule has 2 aromatic carbocycles. The van der Waals surface area contributed by atoms with Gasteiger partial charge in [0.15, 0.2) is 11.6 Å². The first kappa shape index (κ1) is 15.5. The molecule has 3 rings (SSSR count). The molecule has 0 bridgehead atoms. The smallest absolute Gasteiger partial charge is 0.251 e. The predicted octanol–water partition coefficient (Wildman–Crippen LogP) is 3.81. The summed E-state index contributed by atoms with van der Waals surface area (Å²) in [4.78, 5) is 12.3. The van der Waals surface area contributed by atoms with Crippen LogP contribution in [0.3, 0.4) is 0 Å². The Morgan fingerprint density at radius 2 is 1.96 bits per heavy atom. The number of methoxy groups -OCH3 is 1. The minimum atomic E-state index is -0.537. The van der Waals surface area contributed by atoms with E-state index in [1.165, 1.54) is 36.8 Å². The lowest BCUT2D eigenvalue weighted by Gasteiger charge is -2.16. The van der Waals surface area contributed by atoms with E-state index in [1.54, 1.807) is 6.07 Å². The van der Waals surface area contributed by atoms with Gasteiger partial charge in [-0.25, -0.2) is 4.39 Å². The molecule has 120 valence electrons. The number of hydrogen-bond acceptors (Lipinski definition) is 2. The van der Waals surface area contributed by atoms with Gasteiger partial charge in [-0.3, -0.25) is 4.79 Å². The third-order valence-electron chi connectivity index (χ3n) is 4.38. The maximum atomic E-state index is 13.7. The average Bonchev–Trinajstić information content (AvgIpc) is 3.02. The van der Waals surface area contributed by atoms with Gasteiger partial charge in [-0.05, 0) is 61.1 Å². The van der Waals surface area contributed by atoms with Crippen molar-refractivity contribution < 1.29 is 13.9 Å². The maximum Gasteiger partial charge on any atom is 0.251 e. The van der Waals surface area contributed by atoms with E-state index in [-0.39, 0.29) is 23.3 Å². The molecule has 0 saturated heterocycles. The third-order valence-corrected chi connectivity index (χ3v) is 4.38. The second kappa shape index (κ2) is 6.41. The summed E-state index contributed by atoms with van der Waals surface area (Å²) in [5, 5.41) is 2.92. The summed E-state index contributed by atoms with van der Waals surface area (Å²) in [6.07, 6.45) is 3.44. The van der Waals surface area contributed by atoms with Crippen LogP contribution in [-0.2, 0) is 12.8 Å². The van der Waals surface area contributed by atoms with Crippen LogP contribution in [0.4, 0.5) is 4.39 Å². The van der Waals surface area contributed by atoms with E-state index in [1.807, 2.05) is 6.92 Å². The van der Waals surface area contributed by atoms with Gasteiger partial charge in [0.25, 0.3) is 5.91 Å². The zero-order chi connectivity index (χ0) is 16.4. The van der Waals surface area contributed by atoms with E-state index in [0.717, 1.165) is 18.4 Å². The van der Waals surface area contributed by atoms with Crippen molar-refractivity contribution in [3.63, 3.8) is 0 Å². The Labute approximate surface area is 135 Å². The van der Waals surface area contributed by atoms with E-state index in [2.05, 4.69) is 23.5 Å². The van der Waals surface area contributed by atoms with Crippen LogP contribution in [0.25, 0.3) is 0 Å². The molecule has 0 radical (unpaired) electrons. The second-order valence-corrected chi connectivity index (χ2v) is 5.93. The fourth-order valence-electron chi connectivity index (χ4n) is 3.03. The first-order chi connectivity index (χ1) is 11.1. The van der Waals surface area contributed by atoms with E-state index in [9.17, 15) is 9.18 Å². The minimum Gasteiger partial charge on any atom is -0.494 e. The number of ether oxygens (including phenoxy) is 1. The van der Waals surface area contributed by atoms with Crippen molar-refractivity contribution in [1.82, 2.24) is 5.32 Å². The number of amides is 1. The number of nitrogens with one attached hydrogen (secondary N) is 1. The highest BCUT2D eigenvalue weighted by molar-refractivity contribution is 5.94. The molecule has 1 aliphatic carbocycles. The van der Waals surface area contributed by atoms with Crippen LogP contribution in [0.2, 0.25) is 0 Å². The van der Waals surface area contributed by atoms with Gasteiger partial charge in [0.1, 0.15) is 0 Å². The van der Waals surface area contributed by atoms with Crippen LogP contribution >= 0.6 is 0 Å². The third kappa shape index (κ3) is 3.21. The van der Waals surface area contributed by atoms with Crippen LogP contribution in [0, 0.1) is 5.82 Å². The topological polar surface area (TPSA) is 38.3 Å². The summed E-state index contributed by atoms with van der Waals surface area (Å²) in [6, 6.07) is 10.5. The molecule has 3 nitrogen and oxygen atoms in total. The highest BCUT2D eigenvalue weighted by atomic mass is 19.1. The standard InChI is InChI=1S/C19H20FNO2/c1-12(14-7-6-13-4-3-5-15(13)10-14)21-19(22)16-8-9-18(23-2)17(20)11-16/h6-12H,3-5H2,1-2H3,(H,21,22)/t12-/m0/s1. The molecule has 1 N–H and O–H groups in total. The summed E-state index contributed by atoms with van der Waals surface area (Å²) in [5.41, 5.74) is 4.15. The van der Waals surface area contributed by atoms with E-state index in [4.69, 9.17) is 4.74 Å². The number of carbonyl (C=O) groups excluding carboxylic acids is 1. The van der Waals surface area contributed by atoms with Gasteiger partial charge in [-0.15, -0.1) is 0 Å². The molecular weight excluding hydrogens is 293 g/mol. The van der Waals surface area contributed by atoms with Crippen molar-refractivity contribution >= 4 is 5.91 Å². The average molecular weight is 313 g/mol. The minimum absolute atomic E-state index is 0.126. The Morgan fingerprint density at radius 1 is 1.17 bits per heavy atom. The molecule has 23 heavy (non-hydrogen) atoms. The molecule has 0 fully saturated rings. The molecule has 0 heterocycles. The largest absolute Gasteiger partial charge is 0.494 e. The number of hydrogen-bond donors (Lipinski definition) is 1. The lowest BCUT2D eigenvalue weighted by Crippen LogP contribution is -2.26. The molecule has 0 spiro atoms. The summed E-state index contributed by atoms with van der Waals surface area (Å²) >= 11 is 0. The number of aryl methyl sites for hydroxylation is 2. The molecule has 0 aliphatic heterocycles. The SMILES string of the molecule is COc1ccc(C(=O)N[C@@H](C)c2ccc3c(c2)CCC3)cc1F. The van der Waals surface area contributed by atoms with Gasteiger partial charge < -0.3 is 10.1 Å². The lowest BCUT2D eigenvalue weighted by atomic mass is 10.0. The van der Waals surface area contributed by atoms with Crippen LogP contribution in [0.1, 0.15) is 46.4 Å². The molecule has 1 amide bonds. The highest BCUT2D eigenvalue weighted by Gasteiger charge is 2.16. The normalized spacial score (nSPS) is 14.2. The quantitative estimate of drug-likeness (QED) is 0.932. The summed E-state index contributed by atoms with van der Waals surface area (Å²) in [6.45, 7) is 1.94. The second-order valence-electron chi connectivity index (χ2n) is 5.93. The van der Waals surface area contributed by atoms with Crippen molar-refractivity contribution in [3.8, 4) is 5.75 Å². The zero-order valence-electron chi connectivity index (χ0n) is 13.4. The number of halogens is 1. The Morgan fingerprint density at radius 3 is 2.70 bits per heavy atom. The van der Waals surface area contributed by atoms with Crippen LogP contribution in [0.15, 0.2) is 36.4 Å². The Balaban J connectivity index is 1.73. The van der Waals surface area contributed by atoms with Gasteiger partial charge in [-0.1, -0.05) is 18.2 Å². The Hall–Kier alpha value is -2.36. The van der Waals surface area contributed by atoms with Crippen molar-refractivity contribution in [3.05, 3.63) is 64.5 Å². The monoisotopic (exact) mass is 313 g/mol. The predicted molar refractivity (Wildman–Crippen MR) is 87.3 cm³/mol. The fraction of sp³-hybridized carbons (Fsp3) is 0.316. The molecule has 4 heteroatoms. The number of rotatable bonds is 4. The van der Waals surface area contributed by atoms with Crippen molar-refractivity contribution in [2.45, 2.75) is 32.2 Å². The molecule has 1 atom stereocenters. The van der Waals surface area contributed by atoms with Gasteiger partial charge in [0.2, 0.25) is 0 Å². The van der Waals surface area contributed by atoms with Gasteiger partial charge in [-0.2, -0.15) is 0 Å². The van der Waals surface area contributed by atoms with Crippen LogP contribution in [0.5, 0.6) is 5.75 Å². The molecular formula is C19H20FNO2. The van der Waals surface area contributed by atoms with Crippen LogP contribution < -0.4 is 10.1 Å². The Bertz CT molecular complexity index is 742. The fourth-order valence-corrected chi connectivity index (χ4v) is 3.03. The molecule has 0 unspecified atom stereocenters. The maximum absolute atomic E-state index is 13.7. The van der Waals surface area contributed by atoms with E-state index >= 15 is 0 Å². The van der Waals surface area contributed by atoms with Crippen LogP contribution in [-0.4, -0.2) is 13.0 Å². The zero-order valence-corrected chi connectivity index (χ0v) is 13.4. The summed E-state index contributed by atoms with van der Waals surface area (Å²) < 4.78 is 18.6. The number of carbonyl (C=O) groups is 1. The number of benzene rings is 2. The first-order valence-corrected chi connectivity index (χ1v) is 7.84. The summed E-state index contributed by atoms with van der Waals surface area (Å²) in [7, 11) is 1.40. The molecule has 2 aromatic rings. The van der Waals surface area contributed by atoms with E-state index < -0.39 is 5.82 Å². The van der Waals surface area contributed by atoms with E-state index in [0.29, 0.717) is 0 Å². The highest BCUT2D eigenvalue weighted by Crippen LogP contribution is 2.25. The molecule has 1 aliphatic rings.